The van der Waals surface area contributed by atoms with Crippen LogP contribution >= 0.6 is 11.8 Å². The second-order valence-corrected chi connectivity index (χ2v) is 8.69. The third-order valence-corrected chi connectivity index (χ3v) is 6.20. The summed E-state index contributed by atoms with van der Waals surface area (Å²) in [6.07, 6.45) is 0. The number of carbonyl (C=O) groups excluding carboxylic acids is 2. The SMILES string of the molecule is O=C(CSc1cccc(NC(=O)c2cccc3cccc(C(=O)O)c23)c1)Nc1ccc([N+](=O)[O-])cc1. The number of aromatic carboxylic acids is 1. The molecule has 0 saturated carbocycles. The van der Waals surface area contributed by atoms with Crippen LogP contribution in [0.15, 0.2) is 89.8 Å². The zero-order valence-corrected chi connectivity index (χ0v) is 19.5. The van der Waals surface area contributed by atoms with Crippen LogP contribution in [0, 0.1) is 10.1 Å². The lowest BCUT2D eigenvalue weighted by atomic mass is 9.98. The lowest BCUT2D eigenvalue weighted by Gasteiger charge is -2.11. The lowest BCUT2D eigenvalue weighted by molar-refractivity contribution is -0.384. The van der Waals surface area contributed by atoms with Crippen LogP contribution in [-0.2, 0) is 4.79 Å². The van der Waals surface area contributed by atoms with Crippen LogP contribution in [0.2, 0.25) is 0 Å². The zero-order valence-electron chi connectivity index (χ0n) is 18.6. The number of hydrogen-bond acceptors (Lipinski definition) is 6. The Balaban J connectivity index is 1.43. The highest BCUT2D eigenvalue weighted by atomic mass is 32.2. The first-order chi connectivity index (χ1) is 17.3. The maximum Gasteiger partial charge on any atom is 0.336 e. The third-order valence-electron chi connectivity index (χ3n) is 5.20. The van der Waals surface area contributed by atoms with E-state index in [9.17, 15) is 29.6 Å². The molecule has 0 aliphatic heterocycles. The molecule has 3 N–H and O–H groups in total. The molecular formula is C26H19N3O6S. The summed E-state index contributed by atoms with van der Waals surface area (Å²) in [6, 6.07) is 22.3. The van der Waals surface area contributed by atoms with Gasteiger partial charge in [0, 0.05) is 39.4 Å². The molecule has 4 rings (SSSR count). The molecule has 10 heteroatoms. The topological polar surface area (TPSA) is 139 Å². The van der Waals surface area contributed by atoms with E-state index in [0.717, 1.165) is 4.90 Å². The molecule has 0 bridgehead atoms. The highest BCUT2D eigenvalue weighted by Crippen LogP contribution is 2.26. The van der Waals surface area contributed by atoms with Crippen molar-refractivity contribution in [2.45, 2.75) is 4.90 Å². The van der Waals surface area contributed by atoms with Crippen LogP contribution in [0.4, 0.5) is 17.1 Å². The van der Waals surface area contributed by atoms with E-state index in [4.69, 9.17) is 0 Å². The monoisotopic (exact) mass is 501 g/mol. The number of anilines is 2. The summed E-state index contributed by atoms with van der Waals surface area (Å²) in [4.78, 5) is 47.9. The molecule has 0 radical (unpaired) electrons. The summed E-state index contributed by atoms with van der Waals surface area (Å²) in [7, 11) is 0. The predicted octanol–water partition coefficient (Wildman–Crippen LogP) is 5.43. The molecule has 0 aliphatic rings. The summed E-state index contributed by atoms with van der Waals surface area (Å²) >= 11 is 1.25. The number of non-ortho nitro benzene ring substituents is 1. The van der Waals surface area contributed by atoms with Gasteiger partial charge in [-0.3, -0.25) is 19.7 Å². The number of nitro benzene ring substituents is 1. The lowest BCUT2D eigenvalue weighted by Crippen LogP contribution is -2.14. The molecule has 4 aromatic rings. The molecule has 0 heterocycles. The summed E-state index contributed by atoms with van der Waals surface area (Å²) in [6.45, 7) is 0. The Morgan fingerprint density at radius 3 is 2.17 bits per heavy atom. The minimum Gasteiger partial charge on any atom is -0.478 e. The van der Waals surface area contributed by atoms with Crippen LogP contribution in [-0.4, -0.2) is 33.6 Å². The number of rotatable bonds is 8. The molecule has 2 amide bonds. The van der Waals surface area contributed by atoms with Gasteiger partial charge in [-0.25, -0.2) is 4.79 Å². The van der Waals surface area contributed by atoms with Gasteiger partial charge in [0.15, 0.2) is 0 Å². The highest BCUT2D eigenvalue weighted by molar-refractivity contribution is 8.00. The molecule has 0 unspecified atom stereocenters. The number of benzene rings is 4. The van der Waals surface area contributed by atoms with Crippen LogP contribution in [0.1, 0.15) is 20.7 Å². The fraction of sp³-hybridized carbons (Fsp3) is 0.0385. The number of carboxylic acids is 1. The summed E-state index contributed by atoms with van der Waals surface area (Å²) in [5.74, 6) is -1.78. The van der Waals surface area contributed by atoms with Gasteiger partial charge in [0.25, 0.3) is 11.6 Å². The molecule has 0 fully saturated rings. The van der Waals surface area contributed by atoms with E-state index in [1.807, 2.05) is 0 Å². The number of nitro groups is 1. The smallest absolute Gasteiger partial charge is 0.336 e. The number of thioether (sulfide) groups is 1. The summed E-state index contributed by atoms with van der Waals surface area (Å²) in [5.41, 5.74) is 1.16. The minimum absolute atomic E-state index is 0.0431. The van der Waals surface area contributed by atoms with Gasteiger partial charge in [-0.15, -0.1) is 11.8 Å². The number of nitrogens with one attached hydrogen (secondary N) is 2. The molecule has 0 spiro atoms. The van der Waals surface area contributed by atoms with Crippen molar-refractivity contribution < 1.29 is 24.4 Å². The van der Waals surface area contributed by atoms with Crippen molar-refractivity contribution in [1.29, 1.82) is 0 Å². The minimum atomic E-state index is -1.12. The summed E-state index contributed by atoms with van der Waals surface area (Å²) in [5, 5.41) is 26.8. The maximum absolute atomic E-state index is 13.0. The van der Waals surface area contributed by atoms with Crippen molar-refractivity contribution in [1.82, 2.24) is 0 Å². The average molecular weight is 502 g/mol. The van der Waals surface area contributed by atoms with Gasteiger partial charge in [-0.2, -0.15) is 0 Å². The third kappa shape index (κ3) is 5.68. The van der Waals surface area contributed by atoms with E-state index >= 15 is 0 Å². The Labute approximate surface area is 209 Å². The molecule has 36 heavy (non-hydrogen) atoms. The molecule has 0 aromatic heterocycles. The number of amides is 2. The van der Waals surface area contributed by atoms with Gasteiger partial charge >= 0.3 is 5.97 Å². The van der Waals surface area contributed by atoms with Crippen molar-refractivity contribution >= 4 is 57.4 Å². The number of carboxylic acid groups (broad SMARTS) is 1. The molecule has 180 valence electrons. The normalized spacial score (nSPS) is 10.6. The van der Waals surface area contributed by atoms with Crippen LogP contribution < -0.4 is 10.6 Å². The second-order valence-electron chi connectivity index (χ2n) is 7.64. The fourth-order valence-corrected chi connectivity index (χ4v) is 4.34. The van der Waals surface area contributed by atoms with E-state index in [2.05, 4.69) is 10.6 Å². The van der Waals surface area contributed by atoms with Crippen LogP contribution in [0.3, 0.4) is 0 Å². The first-order valence-corrected chi connectivity index (χ1v) is 11.6. The van der Waals surface area contributed by atoms with Crippen molar-refractivity contribution in [2.75, 3.05) is 16.4 Å². The van der Waals surface area contributed by atoms with Gasteiger partial charge in [-0.1, -0.05) is 30.3 Å². The zero-order chi connectivity index (χ0) is 25.7. The van der Waals surface area contributed by atoms with Gasteiger partial charge in [0.1, 0.15) is 0 Å². The average Bonchev–Trinajstić information content (AvgIpc) is 2.87. The largest absolute Gasteiger partial charge is 0.478 e. The van der Waals surface area contributed by atoms with E-state index in [-0.39, 0.29) is 28.5 Å². The maximum atomic E-state index is 13.0. The van der Waals surface area contributed by atoms with Crippen molar-refractivity contribution in [2.24, 2.45) is 0 Å². The highest BCUT2D eigenvalue weighted by Gasteiger charge is 2.17. The second kappa shape index (κ2) is 10.7. The van der Waals surface area contributed by atoms with Gasteiger partial charge < -0.3 is 15.7 Å². The van der Waals surface area contributed by atoms with Crippen molar-refractivity contribution in [3.05, 3.63) is 106 Å². The van der Waals surface area contributed by atoms with Gasteiger partial charge in [0.05, 0.1) is 16.2 Å². The molecule has 0 atom stereocenters. The van der Waals surface area contributed by atoms with Crippen molar-refractivity contribution in [3.63, 3.8) is 0 Å². The molecular weight excluding hydrogens is 482 g/mol. The van der Waals surface area contributed by atoms with E-state index in [1.54, 1.807) is 54.6 Å². The molecule has 0 saturated heterocycles. The Bertz CT molecular complexity index is 1480. The number of hydrogen-bond donors (Lipinski definition) is 3. The van der Waals surface area contributed by atoms with Gasteiger partial charge in [0.2, 0.25) is 5.91 Å². The Morgan fingerprint density at radius 2 is 1.50 bits per heavy atom. The molecule has 4 aromatic carbocycles. The first kappa shape index (κ1) is 24.4. The molecule has 9 nitrogen and oxygen atoms in total. The molecule has 0 aliphatic carbocycles. The summed E-state index contributed by atoms with van der Waals surface area (Å²) < 4.78 is 0. The van der Waals surface area contributed by atoms with Crippen LogP contribution in [0.25, 0.3) is 10.8 Å². The Kier molecular flexibility index (Phi) is 7.26. The standard InChI is InChI=1S/C26H19N3O6S/c30-23(27-17-10-12-19(13-11-17)29(34)35)15-36-20-7-3-6-18(14-20)28-25(31)21-8-1-4-16-5-2-9-22(24(16)21)26(32)33/h1-14H,15H2,(H,27,30)(H,28,31)(H,32,33). The Morgan fingerprint density at radius 1 is 0.833 bits per heavy atom. The number of nitrogens with zero attached hydrogens (tertiary/aromatic N) is 1. The fourth-order valence-electron chi connectivity index (χ4n) is 3.58. The van der Waals surface area contributed by atoms with E-state index in [1.165, 1.54) is 42.1 Å². The number of carbonyl (C=O) groups is 3. The van der Waals surface area contributed by atoms with Gasteiger partial charge in [-0.05, 0) is 47.9 Å². The van der Waals surface area contributed by atoms with E-state index < -0.39 is 16.8 Å². The quantitative estimate of drug-likeness (QED) is 0.166. The first-order valence-electron chi connectivity index (χ1n) is 10.7. The Hall–Kier alpha value is -4.70. The van der Waals surface area contributed by atoms with Crippen LogP contribution in [0.5, 0.6) is 0 Å². The predicted molar refractivity (Wildman–Crippen MR) is 138 cm³/mol. The van der Waals surface area contributed by atoms with Crippen molar-refractivity contribution in [3.8, 4) is 0 Å². The van der Waals surface area contributed by atoms with E-state index in [0.29, 0.717) is 22.1 Å². The number of fused-ring (bicyclic) bond motifs is 1.